The third-order valence-corrected chi connectivity index (χ3v) is 5.18. The lowest BCUT2D eigenvalue weighted by Gasteiger charge is -2.36. The Bertz CT molecular complexity index is 527. The summed E-state index contributed by atoms with van der Waals surface area (Å²) in [5.74, 6) is 0.759. The van der Waals surface area contributed by atoms with E-state index >= 15 is 0 Å². The van der Waals surface area contributed by atoms with E-state index in [1.807, 2.05) is 24.3 Å². The molecule has 4 heteroatoms. The van der Waals surface area contributed by atoms with Crippen LogP contribution in [0.5, 0.6) is 0 Å². The molecular weight excluding hydrogens is 365 g/mol. The van der Waals surface area contributed by atoms with E-state index in [2.05, 4.69) is 27.9 Å². The van der Waals surface area contributed by atoms with E-state index in [-0.39, 0.29) is 23.7 Å². The lowest BCUT2D eigenvalue weighted by Crippen LogP contribution is -2.40. The van der Waals surface area contributed by atoms with Gasteiger partial charge in [0.1, 0.15) is 5.78 Å². The smallest absolute Gasteiger partial charge is 0.227 e. The number of carbonyl (C=O) groups excluding carboxylic acids is 2. The number of anilines is 1. The van der Waals surface area contributed by atoms with E-state index in [1.54, 1.807) is 0 Å². The van der Waals surface area contributed by atoms with Gasteiger partial charge in [-0.1, -0.05) is 12.5 Å². The summed E-state index contributed by atoms with van der Waals surface area (Å²) in [6, 6.07) is 7.82. The van der Waals surface area contributed by atoms with E-state index in [1.165, 1.54) is 0 Å². The predicted molar refractivity (Wildman–Crippen MR) is 86.4 cm³/mol. The molecule has 0 spiro atoms. The number of amides is 1. The molecule has 2 aliphatic carbocycles. The zero-order valence-electron chi connectivity index (χ0n) is 11.3. The Hall–Kier alpha value is -0.910. The first kappa shape index (κ1) is 14.0. The van der Waals surface area contributed by atoms with Crippen molar-refractivity contribution in [1.29, 1.82) is 0 Å². The number of ketones is 1. The van der Waals surface area contributed by atoms with Gasteiger partial charge >= 0.3 is 0 Å². The van der Waals surface area contributed by atoms with E-state index in [0.29, 0.717) is 5.78 Å². The first-order valence-electron chi connectivity index (χ1n) is 7.23. The van der Waals surface area contributed by atoms with Crippen LogP contribution in [0.1, 0.15) is 32.1 Å². The van der Waals surface area contributed by atoms with Gasteiger partial charge < -0.3 is 5.32 Å². The summed E-state index contributed by atoms with van der Waals surface area (Å²) in [4.78, 5) is 24.4. The van der Waals surface area contributed by atoms with Crippen LogP contribution in [0.25, 0.3) is 0 Å². The predicted octanol–water partition coefficient (Wildman–Crippen LogP) is 3.63. The molecule has 2 bridgehead atoms. The quantitative estimate of drug-likeness (QED) is 0.793. The summed E-state index contributed by atoms with van der Waals surface area (Å²) in [6.45, 7) is 0. The van der Waals surface area contributed by atoms with Crippen LogP contribution in [0.3, 0.4) is 0 Å². The normalized spacial score (nSPS) is 29.1. The molecule has 20 heavy (non-hydrogen) atoms. The molecule has 0 aliphatic heterocycles. The lowest BCUT2D eigenvalue weighted by molar-refractivity contribution is -0.136. The number of hydrogen-bond donors (Lipinski definition) is 1. The third-order valence-electron chi connectivity index (χ3n) is 4.51. The van der Waals surface area contributed by atoms with Gasteiger partial charge in [-0.15, -0.1) is 0 Å². The minimum Gasteiger partial charge on any atom is -0.326 e. The Balaban J connectivity index is 1.67. The SMILES string of the molecule is O=C(Nc1cccc(I)c1)C1C[C@@H]2CCC[C@@H](C1)C2=O. The maximum Gasteiger partial charge on any atom is 0.227 e. The summed E-state index contributed by atoms with van der Waals surface area (Å²) in [6.07, 6.45) is 4.58. The van der Waals surface area contributed by atoms with Crippen molar-refractivity contribution >= 4 is 40.0 Å². The number of fused-ring (bicyclic) bond motifs is 2. The number of halogens is 1. The number of benzene rings is 1. The van der Waals surface area contributed by atoms with Gasteiger partial charge in [0.2, 0.25) is 5.91 Å². The second-order valence-corrected chi connectivity index (χ2v) is 7.14. The van der Waals surface area contributed by atoms with Crippen molar-refractivity contribution in [2.75, 3.05) is 5.32 Å². The van der Waals surface area contributed by atoms with Crippen LogP contribution in [0.15, 0.2) is 24.3 Å². The number of Topliss-reactive ketones (excluding diaryl/α,β-unsaturated/α-hetero) is 1. The number of nitrogens with one attached hydrogen (secondary N) is 1. The molecule has 1 N–H and O–H groups in total. The summed E-state index contributed by atoms with van der Waals surface area (Å²) < 4.78 is 1.11. The molecule has 3 rings (SSSR count). The summed E-state index contributed by atoms with van der Waals surface area (Å²) >= 11 is 2.24. The molecule has 1 aromatic rings. The average molecular weight is 383 g/mol. The number of hydrogen-bond acceptors (Lipinski definition) is 2. The average Bonchev–Trinajstić information content (AvgIpc) is 2.38. The molecule has 2 atom stereocenters. The van der Waals surface area contributed by atoms with Gasteiger partial charge in [-0.3, -0.25) is 9.59 Å². The van der Waals surface area contributed by atoms with Crippen molar-refractivity contribution in [1.82, 2.24) is 0 Å². The molecule has 106 valence electrons. The molecule has 0 radical (unpaired) electrons. The highest BCUT2D eigenvalue weighted by atomic mass is 127. The van der Waals surface area contributed by atoms with E-state index in [4.69, 9.17) is 0 Å². The van der Waals surface area contributed by atoms with Crippen molar-refractivity contribution in [3.05, 3.63) is 27.8 Å². The van der Waals surface area contributed by atoms with Crippen molar-refractivity contribution in [2.24, 2.45) is 17.8 Å². The molecule has 2 saturated carbocycles. The monoisotopic (exact) mass is 383 g/mol. The fourth-order valence-corrected chi connectivity index (χ4v) is 4.05. The number of rotatable bonds is 2. The highest BCUT2D eigenvalue weighted by Gasteiger charge is 2.41. The van der Waals surface area contributed by atoms with E-state index in [0.717, 1.165) is 41.4 Å². The van der Waals surface area contributed by atoms with Gasteiger partial charge in [0.15, 0.2) is 0 Å². The van der Waals surface area contributed by atoms with Crippen LogP contribution >= 0.6 is 22.6 Å². The van der Waals surface area contributed by atoms with Gasteiger partial charge in [-0.05, 0) is 66.5 Å². The maximum absolute atomic E-state index is 12.4. The standard InChI is InChI=1S/C16H18INO2/c17-13-5-2-6-14(9-13)18-16(20)12-7-10-3-1-4-11(8-12)15(10)19/h2,5-6,9-12H,1,3-4,7-8H2,(H,18,20)/t10-,11-/m0/s1. The van der Waals surface area contributed by atoms with Crippen molar-refractivity contribution in [3.8, 4) is 0 Å². The van der Waals surface area contributed by atoms with Crippen LogP contribution in [0.4, 0.5) is 5.69 Å². The third kappa shape index (κ3) is 2.90. The van der Waals surface area contributed by atoms with Crippen LogP contribution < -0.4 is 5.32 Å². The minimum atomic E-state index is 0.000803. The van der Waals surface area contributed by atoms with Crippen molar-refractivity contribution < 1.29 is 9.59 Å². The summed E-state index contributed by atoms with van der Waals surface area (Å²) in [5.41, 5.74) is 0.851. The van der Waals surface area contributed by atoms with Crippen LogP contribution in [-0.4, -0.2) is 11.7 Å². The maximum atomic E-state index is 12.4. The fourth-order valence-electron chi connectivity index (χ4n) is 3.50. The first-order chi connectivity index (χ1) is 9.63. The molecule has 0 aromatic heterocycles. The van der Waals surface area contributed by atoms with Gasteiger partial charge in [0, 0.05) is 27.0 Å². The molecule has 1 amide bonds. The molecule has 0 heterocycles. The Morgan fingerprint density at radius 1 is 1.20 bits per heavy atom. The molecule has 3 nitrogen and oxygen atoms in total. The summed E-state index contributed by atoms with van der Waals surface area (Å²) in [5, 5.41) is 3.00. The van der Waals surface area contributed by atoms with Crippen molar-refractivity contribution in [3.63, 3.8) is 0 Å². The zero-order chi connectivity index (χ0) is 14.1. The molecule has 2 fully saturated rings. The first-order valence-corrected chi connectivity index (χ1v) is 8.31. The van der Waals surface area contributed by atoms with Gasteiger partial charge in [-0.25, -0.2) is 0 Å². The zero-order valence-corrected chi connectivity index (χ0v) is 13.4. The van der Waals surface area contributed by atoms with E-state index in [9.17, 15) is 9.59 Å². The van der Waals surface area contributed by atoms with E-state index < -0.39 is 0 Å². The van der Waals surface area contributed by atoms with Crippen LogP contribution in [0, 0.1) is 21.3 Å². The number of carbonyl (C=O) groups is 2. The Labute approximate surface area is 132 Å². The fraction of sp³-hybridized carbons (Fsp3) is 0.500. The molecule has 1 aromatic carbocycles. The molecule has 2 aliphatic rings. The molecule has 0 unspecified atom stereocenters. The highest BCUT2D eigenvalue weighted by Crippen LogP contribution is 2.40. The largest absolute Gasteiger partial charge is 0.326 e. The Kier molecular flexibility index (Phi) is 4.10. The minimum absolute atomic E-state index is 0.000803. The highest BCUT2D eigenvalue weighted by molar-refractivity contribution is 14.1. The second kappa shape index (κ2) is 5.84. The van der Waals surface area contributed by atoms with Gasteiger partial charge in [0.25, 0.3) is 0 Å². The van der Waals surface area contributed by atoms with Crippen LogP contribution in [-0.2, 0) is 9.59 Å². The van der Waals surface area contributed by atoms with Gasteiger partial charge in [-0.2, -0.15) is 0 Å². The topological polar surface area (TPSA) is 46.2 Å². The second-order valence-electron chi connectivity index (χ2n) is 5.90. The molecular formula is C16H18INO2. The van der Waals surface area contributed by atoms with Crippen molar-refractivity contribution in [2.45, 2.75) is 32.1 Å². The Morgan fingerprint density at radius 2 is 1.90 bits per heavy atom. The van der Waals surface area contributed by atoms with Crippen LogP contribution in [0.2, 0.25) is 0 Å². The lowest BCUT2D eigenvalue weighted by atomic mass is 9.67. The Morgan fingerprint density at radius 3 is 2.55 bits per heavy atom. The summed E-state index contributed by atoms with van der Waals surface area (Å²) in [7, 11) is 0. The van der Waals surface area contributed by atoms with Gasteiger partial charge in [0.05, 0.1) is 0 Å². The molecule has 0 saturated heterocycles.